The number of rotatable bonds is 3. The Kier molecular flexibility index (Phi) is 4.29. The summed E-state index contributed by atoms with van der Waals surface area (Å²) in [4.78, 5) is 12.2. The minimum absolute atomic E-state index is 0.344. The number of aryl methyl sites for hydroxylation is 1. The molecule has 1 aromatic carbocycles. The standard InChI is InChI=1S/C16H15FN2O3S/c1-9-8-23-15(16(20)21-2)14(9)19-18-12-5-6-22-13-4-3-10(17)7-11(12)13/h3-4,7-8,19H,5-6H2,1-2H3/b18-12+. The smallest absolute Gasteiger partial charge is 0.350 e. The molecule has 7 heteroatoms. The van der Waals surface area contributed by atoms with Gasteiger partial charge in [0.2, 0.25) is 0 Å². The first-order valence-corrected chi connectivity index (χ1v) is 7.90. The molecule has 0 fully saturated rings. The molecule has 3 rings (SSSR count). The van der Waals surface area contributed by atoms with Crippen LogP contribution < -0.4 is 10.2 Å². The second-order valence-electron chi connectivity index (χ2n) is 5.02. The normalized spacial score (nSPS) is 15.0. The number of nitrogens with zero attached hydrogens (tertiary/aromatic N) is 1. The van der Waals surface area contributed by atoms with Crippen molar-refractivity contribution in [3.63, 3.8) is 0 Å². The molecule has 0 bridgehead atoms. The third kappa shape index (κ3) is 3.05. The van der Waals surface area contributed by atoms with Crippen LogP contribution in [0.5, 0.6) is 5.75 Å². The lowest BCUT2D eigenvalue weighted by atomic mass is 10.0. The fourth-order valence-electron chi connectivity index (χ4n) is 2.31. The Morgan fingerprint density at radius 1 is 1.48 bits per heavy atom. The fourth-order valence-corrected chi connectivity index (χ4v) is 3.23. The molecular formula is C16H15FN2O3S. The van der Waals surface area contributed by atoms with E-state index >= 15 is 0 Å². The topological polar surface area (TPSA) is 59.9 Å². The van der Waals surface area contributed by atoms with Crippen LogP contribution in [-0.2, 0) is 4.74 Å². The molecule has 1 aliphatic heterocycles. The summed E-state index contributed by atoms with van der Waals surface area (Å²) in [5, 5.41) is 6.22. The zero-order valence-electron chi connectivity index (χ0n) is 12.7. The van der Waals surface area contributed by atoms with Gasteiger partial charge in [0.05, 0.1) is 25.1 Å². The molecule has 1 aliphatic rings. The molecule has 0 amide bonds. The number of hydrogen-bond donors (Lipinski definition) is 1. The molecule has 0 unspecified atom stereocenters. The van der Waals surface area contributed by atoms with E-state index in [9.17, 15) is 9.18 Å². The highest BCUT2D eigenvalue weighted by Crippen LogP contribution is 2.30. The summed E-state index contributed by atoms with van der Waals surface area (Å²) in [6, 6.07) is 4.35. The van der Waals surface area contributed by atoms with E-state index in [1.54, 1.807) is 6.07 Å². The molecule has 0 spiro atoms. The van der Waals surface area contributed by atoms with Crippen LogP contribution in [0.4, 0.5) is 10.1 Å². The van der Waals surface area contributed by atoms with Gasteiger partial charge >= 0.3 is 5.97 Å². The lowest BCUT2D eigenvalue weighted by Gasteiger charge is -2.19. The average molecular weight is 334 g/mol. The summed E-state index contributed by atoms with van der Waals surface area (Å²) in [6.45, 7) is 2.36. The molecule has 0 atom stereocenters. The Morgan fingerprint density at radius 3 is 3.09 bits per heavy atom. The lowest BCUT2D eigenvalue weighted by molar-refractivity contribution is 0.0607. The second kappa shape index (κ2) is 6.37. The van der Waals surface area contributed by atoms with E-state index in [0.717, 1.165) is 5.56 Å². The first-order valence-electron chi connectivity index (χ1n) is 7.02. The van der Waals surface area contributed by atoms with Crippen LogP contribution in [0.25, 0.3) is 0 Å². The van der Waals surface area contributed by atoms with E-state index in [1.807, 2.05) is 12.3 Å². The second-order valence-corrected chi connectivity index (χ2v) is 5.90. The highest BCUT2D eigenvalue weighted by molar-refractivity contribution is 7.12. The number of nitrogens with one attached hydrogen (secondary N) is 1. The third-order valence-corrected chi connectivity index (χ3v) is 4.58. The van der Waals surface area contributed by atoms with Gasteiger partial charge in [-0.05, 0) is 36.1 Å². The molecule has 0 saturated heterocycles. The van der Waals surface area contributed by atoms with Gasteiger partial charge in [0.25, 0.3) is 0 Å². The van der Waals surface area contributed by atoms with Crippen LogP contribution in [0.15, 0.2) is 28.7 Å². The number of carbonyl (C=O) groups is 1. The van der Waals surface area contributed by atoms with E-state index in [0.29, 0.717) is 40.6 Å². The summed E-state index contributed by atoms with van der Waals surface area (Å²) in [5.74, 6) is -0.151. The number of hydrazone groups is 1. The van der Waals surface area contributed by atoms with Gasteiger partial charge in [-0.2, -0.15) is 5.10 Å². The molecule has 0 saturated carbocycles. The number of fused-ring (bicyclic) bond motifs is 1. The number of hydrogen-bond acceptors (Lipinski definition) is 6. The van der Waals surface area contributed by atoms with Crippen molar-refractivity contribution in [1.82, 2.24) is 0 Å². The number of benzene rings is 1. The third-order valence-electron chi connectivity index (χ3n) is 3.50. The van der Waals surface area contributed by atoms with Crippen molar-refractivity contribution in [1.29, 1.82) is 0 Å². The predicted molar refractivity (Wildman–Crippen MR) is 87.1 cm³/mol. The Morgan fingerprint density at radius 2 is 2.30 bits per heavy atom. The monoisotopic (exact) mass is 334 g/mol. The largest absolute Gasteiger partial charge is 0.492 e. The van der Waals surface area contributed by atoms with E-state index < -0.39 is 5.97 Å². The van der Waals surface area contributed by atoms with Crippen LogP contribution in [0.2, 0.25) is 0 Å². The Labute approximate surface area is 136 Å². The van der Waals surface area contributed by atoms with E-state index in [2.05, 4.69) is 10.5 Å². The number of thiophene rings is 1. The number of esters is 1. The van der Waals surface area contributed by atoms with Crippen molar-refractivity contribution in [3.8, 4) is 5.75 Å². The first-order chi connectivity index (χ1) is 11.1. The van der Waals surface area contributed by atoms with Crippen molar-refractivity contribution in [2.75, 3.05) is 19.1 Å². The number of carbonyl (C=O) groups excluding carboxylic acids is 1. The minimum Gasteiger partial charge on any atom is -0.492 e. The van der Waals surface area contributed by atoms with Crippen molar-refractivity contribution in [2.45, 2.75) is 13.3 Å². The van der Waals surface area contributed by atoms with Gasteiger partial charge in [0.15, 0.2) is 0 Å². The summed E-state index contributed by atoms with van der Waals surface area (Å²) in [7, 11) is 1.34. The van der Waals surface area contributed by atoms with Crippen LogP contribution in [0.3, 0.4) is 0 Å². The number of ether oxygens (including phenoxy) is 2. The lowest BCUT2D eigenvalue weighted by Crippen LogP contribution is -2.18. The van der Waals surface area contributed by atoms with Crippen molar-refractivity contribution in [3.05, 3.63) is 45.4 Å². The van der Waals surface area contributed by atoms with Gasteiger partial charge in [-0.3, -0.25) is 5.43 Å². The summed E-state index contributed by atoms with van der Waals surface area (Å²) >= 11 is 1.29. The molecule has 0 aliphatic carbocycles. The predicted octanol–water partition coefficient (Wildman–Crippen LogP) is 3.58. The van der Waals surface area contributed by atoms with Crippen molar-refractivity contribution < 1.29 is 18.7 Å². The zero-order chi connectivity index (χ0) is 16.4. The fraction of sp³-hybridized carbons (Fsp3) is 0.250. The molecule has 5 nitrogen and oxygen atoms in total. The Balaban J connectivity index is 1.92. The van der Waals surface area contributed by atoms with E-state index in [-0.39, 0.29) is 5.82 Å². The highest BCUT2D eigenvalue weighted by Gasteiger charge is 2.20. The molecule has 120 valence electrons. The first kappa shape index (κ1) is 15.5. The maximum atomic E-state index is 13.5. The molecule has 23 heavy (non-hydrogen) atoms. The molecule has 2 heterocycles. The van der Waals surface area contributed by atoms with Gasteiger partial charge in [-0.1, -0.05) is 0 Å². The van der Waals surface area contributed by atoms with Crippen molar-refractivity contribution in [2.24, 2.45) is 5.10 Å². The van der Waals surface area contributed by atoms with Crippen LogP contribution in [0, 0.1) is 12.7 Å². The van der Waals surface area contributed by atoms with Gasteiger partial charge in [0, 0.05) is 12.0 Å². The number of methoxy groups -OCH3 is 1. The van der Waals surface area contributed by atoms with Gasteiger partial charge in [-0.15, -0.1) is 11.3 Å². The zero-order valence-corrected chi connectivity index (χ0v) is 13.5. The van der Waals surface area contributed by atoms with Crippen LogP contribution in [0.1, 0.15) is 27.2 Å². The summed E-state index contributed by atoms with van der Waals surface area (Å²) < 4.78 is 23.7. The highest BCUT2D eigenvalue weighted by atomic mass is 32.1. The van der Waals surface area contributed by atoms with Gasteiger partial charge in [0.1, 0.15) is 16.4 Å². The summed E-state index contributed by atoms with van der Waals surface area (Å²) in [5.41, 5.74) is 5.74. The molecule has 2 aromatic rings. The average Bonchev–Trinajstić information content (AvgIpc) is 2.93. The minimum atomic E-state index is -0.413. The summed E-state index contributed by atoms with van der Waals surface area (Å²) in [6.07, 6.45) is 0.556. The Hall–Kier alpha value is -2.41. The molecular weight excluding hydrogens is 319 g/mol. The molecule has 1 aromatic heterocycles. The van der Waals surface area contributed by atoms with Crippen LogP contribution >= 0.6 is 11.3 Å². The molecule has 0 radical (unpaired) electrons. The number of halogens is 1. The maximum absolute atomic E-state index is 13.5. The molecule has 1 N–H and O–H groups in total. The van der Waals surface area contributed by atoms with Crippen molar-refractivity contribution >= 4 is 28.7 Å². The van der Waals surface area contributed by atoms with Crippen LogP contribution in [-0.4, -0.2) is 25.4 Å². The van der Waals surface area contributed by atoms with Gasteiger partial charge in [-0.25, -0.2) is 9.18 Å². The number of anilines is 1. The van der Waals surface area contributed by atoms with E-state index in [1.165, 1.54) is 30.6 Å². The SMILES string of the molecule is COC(=O)c1scc(C)c1N/N=C1\CCOc2ccc(F)cc21. The Bertz CT molecular complexity index is 786. The maximum Gasteiger partial charge on any atom is 0.350 e. The van der Waals surface area contributed by atoms with Gasteiger partial charge < -0.3 is 9.47 Å². The quantitative estimate of drug-likeness (QED) is 0.688. The van der Waals surface area contributed by atoms with E-state index in [4.69, 9.17) is 9.47 Å².